The van der Waals surface area contributed by atoms with Crippen molar-refractivity contribution in [3.05, 3.63) is 11.9 Å². The lowest BCUT2D eigenvalue weighted by molar-refractivity contribution is 0.00507. The highest BCUT2D eigenvalue weighted by atomic mass is 16.5. The number of nitrogens with one attached hydrogen (secondary N) is 1. The summed E-state index contributed by atoms with van der Waals surface area (Å²) in [6, 6.07) is 1.78. The van der Waals surface area contributed by atoms with E-state index in [-0.39, 0.29) is 5.60 Å². The molecule has 0 aliphatic heterocycles. The van der Waals surface area contributed by atoms with Crippen molar-refractivity contribution >= 4 is 5.82 Å². The molecule has 0 radical (unpaired) electrons. The van der Waals surface area contributed by atoms with Crippen molar-refractivity contribution < 1.29 is 9.47 Å². The van der Waals surface area contributed by atoms with Crippen molar-refractivity contribution in [3.63, 3.8) is 0 Å². The molecule has 0 aliphatic rings. The van der Waals surface area contributed by atoms with Crippen LogP contribution in [-0.4, -0.2) is 36.3 Å². The van der Waals surface area contributed by atoms with Crippen LogP contribution in [0.1, 0.15) is 26.1 Å². The number of anilines is 1. The normalized spacial score (nSPS) is 11.4. The van der Waals surface area contributed by atoms with Crippen molar-refractivity contribution in [3.8, 4) is 5.88 Å². The van der Waals surface area contributed by atoms with Gasteiger partial charge in [0, 0.05) is 26.6 Å². The Hall–Kier alpha value is -1.36. The summed E-state index contributed by atoms with van der Waals surface area (Å²) in [5.41, 5.74) is -0.173. The maximum Gasteiger partial charge on any atom is 0.218 e. The number of ether oxygens (including phenoxy) is 2. The highest BCUT2D eigenvalue weighted by molar-refractivity contribution is 5.37. The topological polar surface area (TPSA) is 56.3 Å². The Labute approximate surface area is 103 Å². The molecule has 0 atom stereocenters. The first kappa shape index (κ1) is 13.7. The van der Waals surface area contributed by atoms with Gasteiger partial charge in [-0.15, -0.1) is 0 Å². The number of rotatable bonds is 6. The minimum atomic E-state index is -0.173. The van der Waals surface area contributed by atoms with E-state index in [1.165, 1.54) is 0 Å². The van der Waals surface area contributed by atoms with Crippen LogP contribution in [0.3, 0.4) is 0 Å². The molecule has 0 saturated carbocycles. The van der Waals surface area contributed by atoms with Crippen LogP contribution in [0.2, 0.25) is 0 Å². The monoisotopic (exact) mass is 239 g/mol. The van der Waals surface area contributed by atoms with E-state index in [4.69, 9.17) is 9.47 Å². The summed E-state index contributed by atoms with van der Waals surface area (Å²) in [5.74, 6) is 2.05. The van der Waals surface area contributed by atoms with E-state index in [2.05, 4.69) is 15.3 Å². The summed E-state index contributed by atoms with van der Waals surface area (Å²) in [7, 11) is 3.52. The van der Waals surface area contributed by atoms with Crippen molar-refractivity contribution in [1.82, 2.24) is 9.97 Å². The number of nitrogens with zero attached hydrogens (tertiary/aromatic N) is 2. The molecule has 1 rings (SSSR count). The van der Waals surface area contributed by atoms with Gasteiger partial charge in [-0.1, -0.05) is 0 Å². The predicted octanol–water partition coefficient (Wildman–Crippen LogP) is 2.02. The lowest BCUT2D eigenvalue weighted by atomic mass is 10.1. The van der Waals surface area contributed by atoms with Gasteiger partial charge in [0.15, 0.2) is 0 Å². The zero-order valence-corrected chi connectivity index (χ0v) is 11.2. The Morgan fingerprint density at radius 1 is 1.35 bits per heavy atom. The number of aryl methyl sites for hydroxylation is 1. The number of aromatic nitrogens is 2. The summed E-state index contributed by atoms with van der Waals surface area (Å²) in [4.78, 5) is 8.41. The molecule has 0 unspecified atom stereocenters. The highest BCUT2D eigenvalue weighted by Gasteiger charge is 2.16. The standard InChI is InChI=1S/C12H21N3O2/c1-9-14-10(13-4)8-11(15-9)17-7-6-12(2,3)16-5/h8H,6-7H2,1-5H3,(H,13,14,15). The largest absolute Gasteiger partial charge is 0.477 e. The summed E-state index contributed by atoms with van der Waals surface area (Å²) < 4.78 is 10.9. The van der Waals surface area contributed by atoms with Crippen LogP contribution in [0.25, 0.3) is 0 Å². The zero-order valence-electron chi connectivity index (χ0n) is 11.2. The van der Waals surface area contributed by atoms with Gasteiger partial charge in [0.25, 0.3) is 0 Å². The maximum absolute atomic E-state index is 5.60. The van der Waals surface area contributed by atoms with E-state index in [1.807, 2.05) is 27.8 Å². The van der Waals surface area contributed by atoms with E-state index in [1.54, 1.807) is 13.2 Å². The van der Waals surface area contributed by atoms with Crippen molar-refractivity contribution in [2.24, 2.45) is 0 Å². The first-order chi connectivity index (χ1) is 7.96. The van der Waals surface area contributed by atoms with Crippen LogP contribution >= 0.6 is 0 Å². The average Bonchev–Trinajstić information content (AvgIpc) is 2.28. The van der Waals surface area contributed by atoms with Gasteiger partial charge in [0.1, 0.15) is 11.6 Å². The second-order valence-electron chi connectivity index (χ2n) is 4.45. The highest BCUT2D eigenvalue weighted by Crippen LogP contribution is 2.16. The van der Waals surface area contributed by atoms with Gasteiger partial charge in [-0.25, -0.2) is 4.98 Å². The van der Waals surface area contributed by atoms with Gasteiger partial charge in [0.05, 0.1) is 12.2 Å². The third-order valence-electron chi connectivity index (χ3n) is 2.58. The molecule has 96 valence electrons. The number of hydrogen-bond acceptors (Lipinski definition) is 5. The molecular weight excluding hydrogens is 218 g/mol. The number of hydrogen-bond donors (Lipinski definition) is 1. The molecule has 17 heavy (non-hydrogen) atoms. The van der Waals surface area contributed by atoms with Crippen LogP contribution in [0, 0.1) is 6.92 Å². The molecule has 0 saturated heterocycles. The smallest absolute Gasteiger partial charge is 0.218 e. The lowest BCUT2D eigenvalue weighted by Gasteiger charge is -2.22. The summed E-state index contributed by atoms with van der Waals surface area (Å²) in [6.45, 7) is 6.47. The third-order valence-corrected chi connectivity index (χ3v) is 2.58. The maximum atomic E-state index is 5.60. The lowest BCUT2D eigenvalue weighted by Crippen LogP contribution is -2.25. The third kappa shape index (κ3) is 4.56. The fourth-order valence-electron chi connectivity index (χ4n) is 1.25. The number of methoxy groups -OCH3 is 1. The fourth-order valence-corrected chi connectivity index (χ4v) is 1.25. The second kappa shape index (κ2) is 5.82. The van der Waals surface area contributed by atoms with Crippen LogP contribution in [0.4, 0.5) is 5.82 Å². The van der Waals surface area contributed by atoms with Gasteiger partial charge in [-0.05, 0) is 20.8 Å². The minimum absolute atomic E-state index is 0.173. The van der Waals surface area contributed by atoms with E-state index >= 15 is 0 Å². The van der Waals surface area contributed by atoms with E-state index in [0.717, 1.165) is 12.2 Å². The van der Waals surface area contributed by atoms with Gasteiger partial charge < -0.3 is 14.8 Å². The Balaban J connectivity index is 2.55. The van der Waals surface area contributed by atoms with E-state index < -0.39 is 0 Å². The van der Waals surface area contributed by atoms with Crippen LogP contribution in [0.5, 0.6) is 5.88 Å². The molecule has 1 aromatic heterocycles. The molecule has 0 bridgehead atoms. The molecule has 1 N–H and O–H groups in total. The Kier molecular flexibility index (Phi) is 4.69. The molecule has 0 amide bonds. The van der Waals surface area contributed by atoms with Gasteiger partial charge >= 0.3 is 0 Å². The zero-order chi connectivity index (χ0) is 12.9. The molecule has 0 aromatic carbocycles. The predicted molar refractivity (Wildman–Crippen MR) is 67.5 cm³/mol. The van der Waals surface area contributed by atoms with Crippen molar-refractivity contribution in [2.45, 2.75) is 32.8 Å². The Bertz CT molecular complexity index is 367. The minimum Gasteiger partial charge on any atom is -0.477 e. The second-order valence-corrected chi connectivity index (χ2v) is 4.45. The molecule has 0 fully saturated rings. The summed E-state index contributed by atoms with van der Waals surface area (Å²) >= 11 is 0. The first-order valence-electron chi connectivity index (χ1n) is 5.68. The Morgan fingerprint density at radius 3 is 2.65 bits per heavy atom. The molecule has 1 aromatic rings. The van der Waals surface area contributed by atoms with Gasteiger partial charge in [-0.3, -0.25) is 0 Å². The van der Waals surface area contributed by atoms with Gasteiger partial charge in [0.2, 0.25) is 5.88 Å². The first-order valence-corrected chi connectivity index (χ1v) is 5.68. The molecule has 5 heteroatoms. The molecule has 1 heterocycles. The van der Waals surface area contributed by atoms with Crippen molar-refractivity contribution in [2.75, 3.05) is 26.1 Å². The molecule has 0 aliphatic carbocycles. The SMILES string of the molecule is CNc1cc(OCCC(C)(C)OC)nc(C)n1. The summed E-state index contributed by atoms with van der Waals surface area (Å²) in [5, 5.41) is 2.97. The summed E-state index contributed by atoms with van der Waals surface area (Å²) in [6.07, 6.45) is 0.807. The van der Waals surface area contributed by atoms with Gasteiger partial charge in [-0.2, -0.15) is 4.98 Å². The average molecular weight is 239 g/mol. The van der Waals surface area contributed by atoms with Crippen LogP contribution in [-0.2, 0) is 4.74 Å². The Morgan fingerprint density at radius 2 is 2.06 bits per heavy atom. The molecule has 5 nitrogen and oxygen atoms in total. The molecular formula is C12H21N3O2. The quantitative estimate of drug-likeness (QED) is 0.823. The van der Waals surface area contributed by atoms with Crippen LogP contribution < -0.4 is 10.1 Å². The van der Waals surface area contributed by atoms with E-state index in [9.17, 15) is 0 Å². The van der Waals surface area contributed by atoms with E-state index in [0.29, 0.717) is 18.3 Å². The van der Waals surface area contributed by atoms with Crippen molar-refractivity contribution in [1.29, 1.82) is 0 Å². The fraction of sp³-hybridized carbons (Fsp3) is 0.667. The van der Waals surface area contributed by atoms with Crippen LogP contribution in [0.15, 0.2) is 6.07 Å². The molecule has 0 spiro atoms.